The Balaban J connectivity index is 1.38. The quantitative estimate of drug-likeness (QED) is 0.350. The molecule has 0 spiro atoms. The number of hydrogen-bond acceptors (Lipinski definition) is 4. The Morgan fingerprint density at radius 3 is 2.61 bits per heavy atom. The van der Waals surface area contributed by atoms with Crippen LogP contribution in [0.25, 0.3) is 0 Å². The van der Waals surface area contributed by atoms with Crippen LogP contribution in [0.4, 0.5) is 5.69 Å². The molecule has 0 radical (unpaired) electrons. The molecule has 1 amide bonds. The predicted octanol–water partition coefficient (Wildman–Crippen LogP) is 5.49. The molecule has 0 saturated carbocycles. The lowest BCUT2D eigenvalue weighted by atomic mass is 10.2. The molecule has 31 heavy (non-hydrogen) atoms. The summed E-state index contributed by atoms with van der Waals surface area (Å²) in [6, 6.07) is 14.3. The van der Waals surface area contributed by atoms with E-state index in [0.717, 1.165) is 10.0 Å². The summed E-state index contributed by atoms with van der Waals surface area (Å²) >= 11 is 15.6. The molecule has 0 atom stereocenters. The first kappa shape index (κ1) is 21.4. The third-order valence-electron chi connectivity index (χ3n) is 4.26. The van der Waals surface area contributed by atoms with Crippen molar-refractivity contribution in [3.05, 3.63) is 92.9 Å². The van der Waals surface area contributed by atoms with Gasteiger partial charge in [0.05, 0.1) is 27.3 Å². The molecule has 0 fully saturated rings. The Bertz CT molecular complexity index is 1200. The van der Waals surface area contributed by atoms with Gasteiger partial charge in [-0.15, -0.1) is 0 Å². The number of para-hydroxylation sites is 1. The van der Waals surface area contributed by atoms with E-state index in [1.54, 1.807) is 41.3 Å². The summed E-state index contributed by atoms with van der Waals surface area (Å²) in [5.74, 6) is 0.0434. The van der Waals surface area contributed by atoms with Gasteiger partial charge in [-0.25, -0.2) is 4.68 Å². The van der Waals surface area contributed by atoms with Crippen LogP contribution >= 0.6 is 39.1 Å². The number of halogens is 3. The van der Waals surface area contributed by atoms with Crippen LogP contribution in [0, 0.1) is 0 Å². The monoisotopic (exact) mass is 519 g/mol. The Labute approximate surface area is 196 Å². The van der Waals surface area contributed by atoms with E-state index in [1.807, 2.05) is 30.5 Å². The van der Waals surface area contributed by atoms with Crippen molar-refractivity contribution in [3.63, 3.8) is 0 Å². The van der Waals surface area contributed by atoms with Crippen LogP contribution in [0.2, 0.25) is 10.0 Å². The maximum Gasteiger partial charge on any atom is 0.276 e. The van der Waals surface area contributed by atoms with Crippen LogP contribution in [-0.4, -0.2) is 25.5 Å². The highest BCUT2D eigenvalue weighted by Crippen LogP contribution is 2.32. The van der Waals surface area contributed by atoms with E-state index in [9.17, 15) is 4.79 Å². The largest absolute Gasteiger partial charge is 0.468 e. The predicted molar refractivity (Wildman–Crippen MR) is 123 cm³/mol. The van der Waals surface area contributed by atoms with Crippen molar-refractivity contribution in [1.29, 1.82) is 0 Å². The standard InChI is InChI=1S/C21H16BrCl2N5O2/c22-15-10-25-29(12-15)11-14-3-1-4-16(9-14)26-21(30)19-7-8-28(27-19)13-31-20-17(23)5-2-6-18(20)24/h1-10,12H,11,13H2,(H,26,30). The molecule has 10 heteroatoms. The van der Waals surface area contributed by atoms with Crippen LogP contribution in [0.15, 0.2) is 71.6 Å². The molecule has 7 nitrogen and oxygen atoms in total. The fourth-order valence-electron chi connectivity index (χ4n) is 2.86. The molecular formula is C21H16BrCl2N5O2. The average molecular weight is 521 g/mol. The molecular weight excluding hydrogens is 505 g/mol. The van der Waals surface area contributed by atoms with Crippen molar-refractivity contribution in [1.82, 2.24) is 19.6 Å². The third-order valence-corrected chi connectivity index (χ3v) is 5.27. The lowest BCUT2D eigenvalue weighted by molar-refractivity contribution is 0.102. The minimum Gasteiger partial charge on any atom is -0.468 e. The molecule has 1 N–H and O–H groups in total. The molecule has 2 heterocycles. The second kappa shape index (κ2) is 9.55. The highest BCUT2D eigenvalue weighted by Gasteiger charge is 2.12. The average Bonchev–Trinajstić information content (AvgIpc) is 3.37. The maximum absolute atomic E-state index is 12.6. The second-order valence-corrected chi connectivity index (χ2v) is 8.31. The van der Waals surface area contributed by atoms with Gasteiger partial charge in [0.15, 0.2) is 18.2 Å². The van der Waals surface area contributed by atoms with Crippen molar-refractivity contribution in [2.75, 3.05) is 5.32 Å². The van der Waals surface area contributed by atoms with E-state index in [4.69, 9.17) is 27.9 Å². The van der Waals surface area contributed by atoms with Gasteiger partial charge in [-0.3, -0.25) is 9.48 Å². The molecule has 0 aliphatic rings. The summed E-state index contributed by atoms with van der Waals surface area (Å²) in [5.41, 5.74) is 1.93. The van der Waals surface area contributed by atoms with Gasteiger partial charge in [0, 0.05) is 18.1 Å². The lowest BCUT2D eigenvalue weighted by Gasteiger charge is -2.09. The minimum absolute atomic E-state index is 0.0612. The Morgan fingerprint density at radius 1 is 1.10 bits per heavy atom. The molecule has 158 valence electrons. The fourth-order valence-corrected chi connectivity index (χ4v) is 3.69. The van der Waals surface area contributed by atoms with E-state index in [2.05, 4.69) is 31.4 Å². The molecule has 0 aliphatic heterocycles. The molecule has 0 saturated heterocycles. The van der Waals surface area contributed by atoms with Crippen LogP contribution in [0.1, 0.15) is 16.1 Å². The number of aromatic nitrogens is 4. The fraction of sp³-hybridized carbons (Fsp3) is 0.0952. The van der Waals surface area contributed by atoms with Gasteiger partial charge in [-0.1, -0.05) is 41.4 Å². The lowest BCUT2D eigenvalue weighted by Crippen LogP contribution is -2.14. The third kappa shape index (κ3) is 5.46. The van der Waals surface area contributed by atoms with Crippen LogP contribution in [0.5, 0.6) is 5.75 Å². The molecule has 2 aromatic carbocycles. The highest BCUT2D eigenvalue weighted by atomic mass is 79.9. The van der Waals surface area contributed by atoms with Gasteiger partial charge in [0.2, 0.25) is 0 Å². The van der Waals surface area contributed by atoms with E-state index >= 15 is 0 Å². The van der Waals surface area contributed by atoms with E-state index < -0.39 is 0 Å². The van der Waals surface area contributed by atoms with Crippen molar-refractivity contribution in [3.8, 4) is 5.75 Å². The smallest absolute Gasteiger partial charge is 0.276 e. The first-order valence-corrected chi connectivity index (χ1v) is 10.7. The van der Waals surface area contributed by atoms with Gasteiger partial charge < -0.3 is 10.1 Å². The molecule has 0 unspecified atom stereocenters. The van der Waals surface area contributed by atoms with E-state index in [0.29, 0.717) is 28.0 Å². The van der Waals surface area contributed by atoms with Gasteiger partial charge in [-0.2, -0.15) is 10.2 Å². The van der Waals surface area contributed by atoms with Crippen molar-refractivity contribution in [2.24, 2.45) is 0 Å². The minimum atomic E-state index is -0.325. The highest BCUT2D eigenvalue weighted by molar-refractivity contribution is 9.10. The normalized spacial score (nSPS) is 10.8. The molecule has 2 aromatic heterocycles. The van der Waals surface area contributed by atoms with Crippen molar-refractivity contribution < 1.29 is 9.53 Å². The summed E-state index contributed by atoms with van der Waals surface area (Å²) < 4.78 is 9.83. The number of carbonyl (C=O) groups excluding carboxylic acids is 1. The van der Waals surface area contributed by atoms with Crippen LogP contribution in [0.3, 0.4) is 0 Å². The number of carbonyl (C=O) groups is 1. The zero-order valence-corrected chi connectivity index (χ0v) is 19.1. The van der Waals surface area contributed by atoms with Gasteiger partial charge in [0.25, 0.3) is 5.91 Å². The van der Waals surface area contributed by atoms with Crippen molar-refractivity contribution >= 4 is 50.7 Å². The summed E-state index contributed by atoms with van der Waals surface area (Å²) in [4.78, 5) is 12.6. The Morgan fingerprint density at radius 2 is 1.87 bits per heavy atom. The number of rotatable bonds is 7. The first-order chi connectivity index (χ1) is 15.0. The number of hydrogen-bond donors (Lipinski definition) is 1. The number of amides is 1. The van der Waals surface area contributed by atoms with E-state index in [-0.39, 0.29) is 18.3 Å². The van der Waals surface area contributed by atoms with Crippen LogP contribution < -0.4 is 10.1 Å². The molecule has 4 aromatic rings. The number of anilines is 1. The summed E-state index contributed by atoms with van der Waals surface area (Å²) in [6.07, 6.45) is 5.26. The summed E-state index contributed by atoms with van der Waals surface area (Å²) in [7, 11) is 0. The number of ether oxygens (including phenoxy) is 1. The maximum atomic E-state index is 12.6. The van der Waals surface area contributed by atoms with Gasteiger partial charge >= 0.3 is 0 Å². The zero-order valence-electron chi connectivity index (χ0n) is 16.0. The molecule has 0 bridgehead atoms. The number of nitrogens with zero attached hydrogens (tertiary/aromatic N) is 4. The Hall–Kier alpha value is -2.81. The molecule has 4 rings (SSSR count). The molecule has 0 aliphatic carbocycles. The Kier molecular flexibility index (Phi) is 6.60. The van der Waals surface area contributed by atoms with Gasteiger partial charge in [-0.05, 0) is 51.8 Å². The van der Waals surface area contributed by atoms with Crippen molar-refractivity contribution in [2.45, 2.75) is 13.3 Å². The first-order valence-electron chi connectivity index (χ1n) is 9.16. The zero-order chi connectivity index (χ0) is 21.8. The topological polar surface area (TPSA) is 74.0 Å². The van der Waals surface area contributed by atoms with Crippen LogP contribution in [-0.2, 0) is 13.3 Å². The number of benzene rings is 2. The summed E-state index contributed by atoms with van der Waals surface area (Å²) in [5, 5.41) is 12.2. The summed E-state index contributed by atoms with van der Waals surface area (Å²) in [6.45, 7) is 0.650. The second-order valence-electron chi connectivity index (χ2n) is 6.58. The number of nitrogens with one attached hydrogen (secondary N) is 1. The van der Waals surface area contributed by atoms with E-state index in [1.165, 1.54) is 4.68 Å². The van der Waals surface area contributed by atoms with Gasteiger partial charge in [0.1, 0.15) is 0 Å². The SMILES string of the molecule is O=C(Nc1cccc(Cn2cc(Br)cn2)c1)c1ccn(COc2c(Cl)cccc2Cl)n1.